The minimum atomic E-state index is -4.14. The Morgan fingerprint density at radius 3 is 2.47 bits per heavy atom. The van der Waals surface area contributed by atoms with Gasteiger partial charge in [-0.15, -0.1) is 0 Å². The van der Waals surface area contributed by atoms with E-state index in [1.165, 1.54) is 0 Å². The van der Waals surface area contributed by atoms with E-state index in [-0.39, 0.29) is 12.6 Å². The van der Waals surface area contributed by atoms with E-state index in [1.807, 2.05) is 0 Å². The molecular formula is C10H20F3NO. The highest BCUT2D eigenvalue weighted by molar-refractivity contribution is 4.59. The molecule has 92 valence electrons. The van der Waals surface area contributed by atoms with Gasteiger partial charge < -0.3 is 10.1 Å². The first-order valence-electron chi connectivity index (χ1n) is 5.34. The largest absolute Gasteiger partial charge is 0.401 e. The smallest absolute Gasteiger partial charge is 0.377 e. The molecule has 0 amide bonds. The molecule has 0 aromatic carbocycles. The first kappa shape index (κ1) is 14.7. The zero-order valence-electron chi connectivity index (χ0n) is 9.36. The fourth-order valence-corrected chi connectivity index (χ4v) is 1.11. The van der Waals surface area contributed by atoms with Crippen LogP contribution in [0.2, 0.25) is 0 Å². The average molecular weight is 227 g/mol. The molecule has 0 rings (SSSR count). The Hall–Kier alpha value is -0.290. The summed E-state index contributed by atoms with van der Waals surface area (Å²) in [5, 5.41) is 2.32. The number of hydrogen-bond donors (Lipinski definition) is 1. The fraction of sp³-hybridized carbons (Fsp3) is 1.00. The lowest BCUT2D eigenvalue weighted by Gasteiger charge is -2.14. The highest BCUT2D eigenvalue weighted by Gasteiger charge is 2.26. The van der Waals surface area contributed by atoms with Gasteiger partial charge >= 0.3 is 6.18 Å². The Balaban J connectivity index is 3.29. The van der Waals surface area contributed by atoms with Gasteiger partial charge in [-0.3, -0.25) is 0 Å². The highest BCUT2D eigenvalue weighted by atomic mass is 19.4. The molecule has 2 nitrogen and oxygen atoms in total. The third-order valence-electron chi connectivity index (χ3n) is 1.91. The lowest BCUT2D eigenvalue weighted by atomic mass is 10.3. The van der Waals surface area contributed by atoms with E-state index in [4.69, 9.17) is 4.74 Å². The molecule has 15 heavy (non-hydrogen) atoms. The average Bonchev–Trinajstić information content (AvgIpc) is 2.10. The van der Waals surface area contributed by atoms with Crippen LogP contribution in [0.3, 0.4) is 0 Å². The summed E-state index contributed by atoms with van der Waals surface area (Å²) in [5.74, 6) is 0. The second kappa shape index (κ2) is 7.93. The van der Waals surface area contributed by atoms with Crippen LogP contribution in [0.1, 0.15) is 33.1 Å². The van der Waals surface area contributed by atoms with Crippen LogP contribution in [0.25, 0.3) is 0 Å². The third-order valence-corrected chi connectivity index (χ3v) is 1.91. The minimum Gasteiger partial charge on any atom is -0.377 e. The molecule has 0 fully saturated rings. The normalized spacial score (nSPS) is 14.2. The summed E-state index contributed by atoms with van der Waals surface area (Å²) >= 11 is 0. The molecule has 0 spiro atoms. The van der Waals surface area contributed by atoms with Gasteiger partial charge in [0.1, 0.15) is 0 Å². The van der Waals surface area contributed by atoms with Gasteiger partial charge in [0.25, 0.3) is 0 Å². The third kappa shape index (κ3) is 11.6. The highest BCUT2D eigenvalue weighted by Crippen LogP contribution is 2.12. The standard InChI is InChI=1S/C10H20F3NO/c1-3-4-5-6-15-9(2)7-14-8-10(11,12)13/h9,14H,3-8H2,1-2H3. The molecule has 0 saturated carbocycles. The van der Waals surface area contributed by atoms with Gasteiger partial charge in [0.15, 0.2) is 0 Å². The Kier molecular flexibility index (Phi) is 7.78. The molecule has 0 aromatic heterocycles. The molecule has 0 aliphatic carbocycles. The van der Waals surface area contributed by atoms with E-state index in [2.05, 4.69) is 12.2 Å². The van der Waals surface area contributed by atoms with Crippen molar-refractivity contribution in [2.75, 3.05) is 19.7 Å². The molecule has 1 atom stereocenters. The number of ether oxygens (including phenoxy) is 1. The molecule has 1 N–H and O–H groups in total. The summed E-state index contributed by atoms with van der Waals surface area (Å²) in [5.41, 5.74) is 0. The van der Waals surface area contributed by atoms with Crippen LogP contribution in [0, 0.1) is 0 Å². The fourth-order valence-electron chi connectivity index (χ4n) is 1.11. The van der Waals surface area contributed by atoms with Crippen molar-refractivity contribution in [1.82, 2.24) is 5.32 Å². The van der Waals surface area contributed by atoms with Gasteiger partial charge in [-0.1, -0.05) is 19.8 Å². The van der Waals surface area contributed by atoms with E-state index in [1.54, 1.807) is 6.92 Å². The number of nitrogens with one attached hydrogen (secondary N) is 1. The van der Waals surface area contributed by atoms with Gasteiger partial charge in [-0.25, -0.2) is 0 Å². The second-order valence-electron chi connectivity index (χ2n) is 3.63. The summed E-state index contributed by atoms with van der Waals surface area (Å²) in [6.45, 7) is 3.79. The quantitative estimate of drug-likeness (QED) is 0.644. The Morgan fingerprint density at radius 2 is 1.93 bits per heavy atom. The van der Waals surface area contributed by atoms with Crippen molar-refractivity contribution in [3.05, 3.63) is 0 Å². The minimum absolute atomic E-state index is 0.163. The number of unbranched alkanes of at least 4 members (excludes halogenated alkanes) is 2. The number of halogens is 3. The van der Waals surface area contributed by atoms with Crippen LogP contribution in [0.4, 0.5) is 13.2 Å². The molecule has 0 bridgehead atoms. The van der Waals surface area contributed by atoms with Crippen molar-refractivity contribution < 1.29 is 17.9 Å². The van der Waals surface area contributed by atoms with E-state index in [0.717, 1.165) is 19.3 Å². The Labute approximate surface area is 89.2 Å². The first-order valence-corrected chi connectivity index (χ1v) is 5.34. The zero-order chi connectivity index (χ0) is 11.7. The van der Waals surface area contributed by atoms with Gasteiger partial charge in [-0.05, 0) is 13.3 Å². The maximum absolute atomic E-state index is 11.8. The lowest BCUT2D eigenvalue weighted by Crippen LogP contribution is -2.34. The molecule has 0 heterocycles. The molecule has 0 saturated heterocycles. The molecule has 5 heteroatoms. The maximum atomic E-state index is 11.8. The van der Waals surface area contributed by atoms with Gasteiger partial charge in [-0.2, -0.15) is 13.2 Å². The maximum Gasteiger partial charge on any atom is 0.401 e. The van der Waals surface area contributed by atoms with Crippen LogP contribution in [0.15, 0.2) is 0 Å². The van der Waals surface area contributed by atoms with Crippen molar-refractivity contribution in [3.63, 3.8) is 0 Å². The molecule has 0 radical (unpaired) electrons. The summed E-state index contributed by atoms with van der Waals surface area (Å²) in [6.07, 6.45) is -1.11. The molecule has 0 aromatic rings. The summed E-state index contributed by atoms with van der Waals surface area (Å²) < 4.78 is 40.6. The van der Waals surface area contributed by atoms with Gasteiger partial charge in [0, 0.05) is 13.2 Å². The van der Waals surface area contributed by atoms with Crippen molar-refractivity contribution in [2.45, 2.75) is 45.4 Å². The van der Waals surface area contributed by atoms with Crippen LogP contribution in [-0.2, 0) is 4.74 Å². The molecule has 0 aliphatic heterocycles. The van der Waals surface area contributed by atoms with Crippen molar-refractivity contribution in [3.8, 4) is 0 Å². The molecule has 1 unspecified atom stereocenters. The zero-order valence-corrected chi connectivity index (χ0v) is 9.36. The number of alkyl halides is 3. The molecule has 0 aliphatic rings. The van der Waals surface area contributed by atoms with E-state index >= 15 is 0 Å². The van der Waals surface area contributed by atoms with Crippen molar-refractivity contribution >= 4 is 0 Å². The van der Waals surface area contributed by atoms with E-state index < -0.39 is 12.7 Å². The summed E-state index contributed by atoms with van der Waals surface area (Å²) in [4.78, 5) is 0. The number of rotatable bonds is 8. The van der Waals surface area contributed by atoms with Crippen LogP contribution >= 0.6 is 0 Å². The van der Waals surface area contributed by atoms with Crippen LogP contribution in [0.5, 0.6) is 0 Å². The Morgan fingerprint density at radius 1 is 1.27 bits per heavy atom. The van der Waals surface area contributed by atoms with Crippen molar-refractivity contribution in [1.29, 1.82) is 0 Å². The first-order chi connectivity index (χ1) is 6.95. The molecular weight excluding hydrogens is 207 g/mol. The van der Waals surface area contributed by atoms with Gasteiger partial charge in [0.05, 0.1) is 12.6 Å². The van der Waals surface area contributed by atoms with Gasteiger partial charge in [0.2, 0.25) is 0 Å². The Bertz CT molecular complexity index is 150. The monoisotopic (exact) mass is 227 g/mol. The van der Waals surface area contributed by atoms with E-state index in [0.29, 0.717) is 6.61 Å². The SMILES string of the molecule is CCCCCOC(C)CNCC(F)(F)F. The second-order valence-corrected chi connectivity index (χ2v) is 3.63. The summed E-state index contributed by atoms with van der Waals surface area (Å²) in [6, 6.07) is 0. The van der Waals surface area contributed by atoms with Crippen molar-refractivity contribution in [2.24, 2.45) is 0 Å². The van der Waals surface area contributed by atoms with E-state index in [9.17, 15) is 13.2 Å². The van der Waals surface area contributed by atoms with Crippen LogP contribution < -0.4 is 5.32 Å². The summed E-state index contributed by atoms with van der Waals surface area (Å²) in [7, 11) is 0. The number of hydrogen-bond acceptors (Lipinski definition) is 2. The predicted octanol–water partition coefficient (Wildman–Crippen LogP) is 2.73. The lowest BCUT2D eigenvalue weighted by molar-refractivity contribution is -0.125. The topological polar surface area (TPSA) is 21.3 Å². The van der Waals surface area contributed by atoms with Crippen LogP contribution in [-0.4, -0.2) is 32.0 Å². The predicted molar refractivity (Wildman–Crippen MR) is 53.9 cm³/mol.